The third kappa shape index (κ3) is 5.56. The van der Waals surface area contributed by atoms with Gasteiger partial charge in [0.1, 0.15) is 0 Å². The molecule has 0 atom stereocenters. The molecule has 1 aromatic rings. The van der Waals surface area contributed by atoms with E-state index in [0.29, 0.717) is 6.54 Å². The Bertz CT molecular complexity index is 582. The average Bonchev–Trinajstić information content (AvgIpc) is 2.59. The second-order valence-electron chi connectivity index (χ2n) is 7.76. The van der Waals surface area contributed by atoms with Crippen LogP contribution < -0.4 is 5.32 Å². The Labute approximate surface area is 151 Å². The summed E-state index contributed by atoms with van der Waals surface area (Å²) in [6, 6.07) is 7.56. The van der Waals surface area contributed by atoms with E-state index in [-0.39, 0.29) is 11.8 Å². The number of hydrogen-bond acceptors (Lipinski definition) is 3. The molecule has 1 N–H and O–H groups in total. The molecule has 0 bridgehead atoms. The lowest BCUT2D eigenvalue weighted by Crippen LogP contribution is -2.48. The Morgan fingerprint density at radius 3 is 2.16 bits per heavy atom. The predicted molar refractivity (Wildman–Crippen MR) is 100 cm³/mol. The van der Waals surface area contributed by atoms with E-state index in [0.717, 1.165) is 50.3 Å². The van der Waals surface area contributed by atoms with Crippen LogP contribution in [0.2, 0.25) is 0 Å². The number of carbonyl (C=O) groups is 2. The zero-order valence-electron chi connectivity index (χ0n) is 16.0. The molecular formula is C20H31N3O2. The Morgan fingerprint density at radius 2 is 1.64 bits per heavy atom. The molecule has 5 nitrogen and oxygen atoms in total. The van der Waals surface area contributed by atoms with Gasteiger partial charge in [-0.2, -0.15) is 0 Å². The van der Waals surface area contributed by atoms with Gasteiger partial charge in [-0.25, -0.2) is 0 Å². The van der Waals surface area contributed by atoms with E-state index in [2.05, 4.69) is 17.1 Å². The smallest absolute Gasteiger partial charge is 0.253 e. The summed E-state index contributed by atoms with van der Waals surface area (Å²) >= 11 is 0. The minimum Gasteiger partial charge on any atom is -0.352 e. The normalized spacial score (nSPS) is 15.9. The summed E-state index contributed by atoms with van der Waals surface area (Å²) in [4.78, 5) is 28.9. The molecule has 2 rings (SSSR count). The van der Waals surface area contributed by atoms with E-state index in [1.165, 1.54) is 0 Å². The molecule has 1 fully saturated rings. The van der Waals surface area contributed by atoms with Crippen LogP contribution in [0.4, 0.5) is 0 Å². The highest BCUT2D eigenvalue weighted by molar-refractivity contribution is 5.94. The molecule has 0 radical (unpaired) electrons. The molecule has 0 unspecified atom stereocenters. The molecule has 1 aliphatic rings. The highest BCUT2D eigenvalue weighted by Crippen LogP contribution is 2.14. The number of piperazine rings is 1. The molecule has 0 saturated carbocycles. The van der Waals surface area contributed by atoms with Crippen molar-refractivity contribution in [3.63, 3.8) is 0 Å². The Kier molecular flexibility index (Phi) is 6.59. The van der Waals surface area contributed by atoms with E-state index in [9.17, 15) is 9.59 Å². The van der Waals surface area contributed by atoms with Gasteiger partial charge >= 0.3 is 0 Å². The van der Waals surface area contributed by atoms with Crippen LogP contribution in [0, 0.1) is 5.41 Å². The van der Waals surface area contributed by atoms with Crippen molar-refractivity contribution in [1.82, 2.24) is 15.1 Å². The number of rotatable bonds is 5. The van der Waals surface area contributed by atoms with Crippen LogP contribution >= 0.6 is 0 Å². The molecular weight excluding hydrogens is 314 g/mol. The SMILES string of the molecule is CCCN1CCN(C(=O)c2ccc(CNC(=O)C(C)(C)C)cc2)CC1. The predicted octanol–water partition coefficient (Wildman–Crippen LogP) is 2.52. The van der Waals surface area contributed by atoms with Gasteiger partial charge in [-0.3, -0.25) is 14.5 Å². The summed E-state index contributed by atoms with van der Waals surface area (Å²) in [7, 11) is 0. The fourth-order valence-corrected chi connectivity index (χ4v) is 2.89. The van der Waals surface area contributed by atoms with Gasteiger partial charge in [0.05, 0.1) is 0 Å². The fraction of sp³-hybridized carbons (Fsp3) is 0.600. The number of nitrogens with zero attached hydrogens (tertiary/aromatic N) is 2. The molecule has 1 heterocycles. The van der Waals surface area contributed by atoms with E-state index in [1.807, 2.05) is 49.9 Å². The van der Waals surface area contributed by atoms with Gasteiger partial charge in [0, 0.05) is 43.7 Å². The van der Waals surface area contributed by atoms with E-state index < -0.39 is 5.41 Å². The van der Waals surface area contributed by atoms with Crippen LogP contribution in [-0.4, -0.2) is 54.3 Å². The van der Waals surface area contributed by atoms with E-state index >= 15 is 0 Å². The average molecular weight is 345 g/mol. The maximum Gasteiger partial charge on any atom is 0.253 e. The minimum atomic E-state index is -0.393. The first-order valence-corrected chi connectivity index (χ1v) is 9.20. The largest absolute Gasteiger partial charge is 0.352 e. The van der Waals surface area contributed by atoms with Crippen LogP contribution in [0.5, 0.6) is 0 Å². The van der Waals surface area contributed by atoms with Gasteiger partial charge in [-0.1, -0.05) is 39.8 Å². The van der Waals surface area contributed by atoms with Crippen LogP contribution in [0.15, 0.2) is 24.3 Å². The fourth-order valence-electron chi connectivity index (χ4n) is 2.89. The van der Waals surface area contributed by atoms with Crippen LogP contribution in [0.25, 0.3) is 0 Å². The first-order valence-electron chi connectivity index (χ1n) is 9.20. The molecule has 5 heteroatoms. The van der Waals surface area contributed by atoms with Crippen molar-refractivity contribution in [3.05, 3.63) is 35.4 Å². The van der Waals surface area contributed by atoms with Crippen molar-refractivity contribution >= 4 is 11.8 Å². The maximum atomic E-state index is 12.6. The molecule has 1 saturated heterocycles. The number of nitrogens with one attached hydrogen (secondary N) is 1. The number of hydrogen-bond donors (Lipinski definition) is 1. The highest BCUT2D eigenvalue weighted by Gasteiger charge is 2.22. The lowest BCUT2D eigenvalue weighted by atomic mass is 9.95. The van der Waals surface area contributed by atoms with Crippen molar-refractivity contribution < 1.29 is 9.59 Å². The number of benzene rings is 1. The zero-order valence-corrected chi connectivity index (χ0v) is 16.0. The van der Waals surface area contributed by atoms with Gasteiger partial charge in [0.25, 0.3) is 5.91 Å². The Hall–Kier alpha value is -1.88. The monoisotopic (exact) mass is 345 g/mol. The highest BCUT2D eigenvalue weighted by atomic mass is 16.2. The van der Waals surface area contributed by atoms with Crippen LogP contribution in [0.3, 0.4) is 0 Å². The van der Waals surface area contributed by atoms with Crippen LogP contribution in [-0.2, 0) is 11.3 Å². The third-order valence-electron chi connectivity index (χ3n) is 4.53. The number of carbonyl (C=O) groups excluding carboxylic acids is 2. The second-order valence-corrected chi connectivity index (χ2v) is 7.76. The maximum absolute atomic E-state index is 12.6. The third-order valence-corrected chi connectivity index (χ3v) is 4.53. The van der Waals surface area contributed by atoms with Gasteiger partial charge in [0.15, 0.2) is 0 Å². The molecule has 0 aromatic heterocycles. The minimum absolute atomic E-state index is 0.0256. The first kappa shape index (κ1) is 19.4. The van der Waals surface area contributed by atoms with E-state index in [1.54, 1.807) is 0 Å². The van der Waals surface area contributed by atoms with Gasteiger partial charge in [0.2, 0.25) is 5.91 Å². The van der Waals surface area contributed by atoms with Crippen molar-refractivity contribution in [2.45, 2.75) is 40.7 Å². The summed E-state index contributed by atoms with van der Waals surface area (Å²) < 4.78 is 0. The lowest BCUT2D eigenvalue weighted by molar-refractivity contribution is -0.128. The van der Waals surface area contributed by atoms with Crippen molar-refractivity contribution in [2.24, 2.45) is 5.41 Å². The van der Waals surface area contributed by atoms with Crippen molar-refractivity contribution in [1.29, 1.82) is 0 Å². The first-order chi connectivity index (χ1) is 11.8. The standard InChI is InChI=1S/C20H31N3O2/c1-5-10-22-11-13-23(14-12-22)18(24)17-8-6-16(7-9-17)15-21-19(25)20(2,3)4/h6-9H,5,10-15H2,1-4H3,(H,21,25). The molecule has 0 aliphatic carbocycles. The molecule has 25 heavy (non-hydrogen) atoms. The zero-order chi connectivity index (χ0) is 18.4. The second kappa shape index (κ2) is 8.48. The molecule has 2 amide bonds. The van der Waals surface area contributed by atoms with Gasteiger partial charge in [-0.15, -0.1) is 0 Å². The summed E-state index contributed by atoms with van der Waals surface area (Å²) in [6.45, 7) is 13.0. The number of amides is 2. The van der Waals surface area contributed by atoms with Crippen molar-refractivity contribution in [2.75, 3.05) is 32.7 Å². The topological polar surface area (TPSA) is 52.6 Å². The molecule has 1 aliphatic heterocycles. The molecule has 0 spiro atoms. The van der Waals surface area contributed by atoms with Crippen molar-refractivity contribution in [3.8, 4) is 0 Å². The molecule has 138 valence electrons. The lowest BCUT2D eigenvalue weighted by Gasteiger charge is -2.34. The van der Waals surface area contributed by atoms with Gasteiger partial charge < -0.3 is 10.2 Å². The van der Waals surface area contributed by atoms with E-state index in [4.69, 9.17) is 0 Å². The Morgan fingerprint density at radius 1 is 1.04 bits per heavy atom. The summed E-state index contributed by atoms with van der Waals surface area (Å²) in [5, 5.41) is 2.93. The quantitative estimate of drug-likeness (QED) is 0.892. The molecule has 1 aromatic carbocycles. The summed E-state index contributed by atoms with van der Waals surface area (Å²) in [5.74, 6) is 0.124. The summed E-state index contributed by atoms with van der Waals surface area (Å²) in [5.41, 5.74) is 1.33. The summed E-state index contributed by atoms with van der Waals surface area (Å²) in [6.07, 6.45) is 1.15. The van der Waals surface area contributed by atoms with Crippen LogP contribution in [0.1, 0.15) is 50.0 Å². The van der Waals surface area contributed by atoms with Gasteiger partial charge in [-0.05, 0) is 30.7 Å². The Balaban J connectivity index is 1.87.